The molecule has 0 aromatic rings. The standard InChI is InChI=1S/C12H20N2O5S/c15-11(16)6-9-3-4-14(8-9)12(17)13-7-10-2-1-5-20(10,18)19/h9-10H,1-8H2,(H,13,17)(H,15,16). The van der Waals surface area contributed by atoms with Gasteiger partial charge in [0.25, 0.3) is 0 Å². The van der Waals surface area contributed by atoms with Crippen LogP contribution in [-0.4, -0.2) is 61.1 Å². The molecule has 2 heterocycles. The van der Waals surface area contributed by atoms with Crippen molar-refractivity contribution in [2.45, 2.75) is 30.9 Å². The molecule has 2 unspecified atom stereocenters. The second-order valence-corrected chi connectivity index (χ2v) is 7.92. The van der Waals surface area contributed by atoms with E-state index in [1.165, 1.54) is 0 Å². The van der Waals surface area contributed by atoms with Gasteiger partial charge in [0, 0.05) is 26.1 Å². The molecule has 2 aliphatic heterocycles. The Labute approximate surface area is 118 Å². The fourth-order valence-corrected chi connectivity index (χ4v) is 4.60. The number of rotatable bonds is 4. The van der Waals surface area contributed by atoms with Gasteiger partial charge in [-0.3, -0.25) is 4.79 Å². The van der Waals surface area contributed by atoms with Gasteiger partial charge in [0.15, 0.2) is 9.84 Å². The molecule has 0 bridgehead atoms. The lowest BCUT2D eigenvalue weighted by molar-refractivity contribution is -0.138. The van der Waals surface area contributed by atoms with Crippen molar-refractivity contribution in [3.63, 3.8) is 0 Å². The number of carboxylic acids is 1. The van der Waals surface area contributed by atoms with E-state index >= 15 is 0 Å². The maximum absolute atomic E-state index is 11.9. The van der Waals surface area contributed by atoms with Gasteiger partial charge >= 0.3 is 12.0 Å². The van der Waals surface area contributed by atoms with E-state index in [1.54, 1.807) is 4.90 Å². The molecule has 8 heteroatoms. The summed E-state index contributed by atoms with van der Waals surface area (Å²) >= 11 is 0. The average Bonchev–Trinajstić information content (AvgIpc) is 2.92. The van der Waals surface area contributed by atoms with Crippen molar-refractivity contribution in [3.05, 3.63) is 0 Å². The molecule has 2 fully saturated rings. The van der Waals surface area contributed by atoms with Crippen LogP contribution in [0.25, 0.3) is 0 Å². The molecule has 0 saturated carbocycles. The number of urea groups is 1. The van der Waals surface area contributed by atoms with E-state index in [9.17, 15) is 18.0 Å². The molecular formula is C12H20N2O5S. The number of nitrogens with zero attached hydrogens (tertiary/aromatic N) is 1. The fourth-order valence-electron chi connectivity index (χ4n) is 2.83. The first-order chi connectivity index (χ1) is 9.38. The third-order valence-electron chi connectivity index (χ3n) is 3.98. The molecule has 114 valence electrons. The van der Waals surface area contributed by atoms with E-state index in [1.807, 2.05) is 0 Å². The first-order valence-corrected chi connectivity index (χ1v) is 8.56. The highest BCUT2D eigenvalue weighted by Gasteiger charge is 2.33. The summed E-state index contributed by atoms with van der Waals surface area (Å²) in [6.07, 6.45) is 2.01. The largest absolute Gasteiger partial charge is 0.481 e. The van der Waals surface area contributed by atoms with Crippen LogP contribution in [0.2, 0.25) is 0 Å². The van der Waals surface area contributed by atoms with Crippen LogP contribution in [0, 0.1) is 5.92 Å². The number of likely N-dealkylation sites (tertiary alicyclic amines) is 1. The Bertz CT molecular complexity index is 490. The van der Waals surface area contributed by atoms with E-state index in [4.69, 9.17) is 5.11 Å². The molecule has 0 spiro atoms. The minimum Gasteiger partial charge on any atom is -0.481 e. The van der Waals surface area contributed by atoms with Crippen LogP contribution < -0.4 is 5.32 Å². The van der Waals surface area contributed by atoms with E-state index in [0.717, 1.165) is 0 Å². The van der Waals surface area contributed by atoms with Crippen molar-refractivity contribution in [1.29, 1.82) is 0 Å². The second-order valence-electron chi connectivity index (χ2n) is 5.52. The third-order valence-corrected chi connectivity index (χ3v) is 6.26. The van der Waals surface area contributed by atoms with Crippen LogP contribution in [0.4, 0.5) is 4.79 Å². The number of hydrogen-bond acceptors (Lipinski definition) is 4. The molecule has 0 aromatic carbocycles. The molecule has 2 saturated heterocycles. The van der Waals surface area contributed by atoms with Gasteiger partial charge in [0.05, 0.1) is 11.0 Å². The average molecular weight is 304 g/mol. The van der Waals surface area contributed by atoms with Gasteiger partial charge in [-0.1, -0.05) is 0 Å². The maximum atomic E-state index is 11.9. The molecule has 0 aromatic heterocycles. The van der Waals surface area contributed by atoms with Crippen molar-refractivity contribution in [2.24, 2.45) is 5.92 Å². The van der Waals surface area contributed by atoms with Gasteiger partial charge in [0.2, 0.25) is 0 Å². The molecule has 2 amide bonds. The van der Waals surface area contributed by atoms with E-state index < -0.39 is 21.1 Å². The Morgan fingerprint density at radius 1 is 1.30 bits per heavy atom. The highest BCUT2D eigenvalue weighted by atomic mass is 32.2. The van der Waals surface area contributed by atoms with Gasteiger partial charge in [-0.2, -0.15) is 0 Å². The molecule has 2 aliphatic rings. The van der Waals surface area contributed by atoms with Crippen molar-refractivity contribution in [2.75, 3.05) is 25.4 Å². The Kier molecular flexibility index (Phi) is 4.52. The van der Waals surface area contributed by atoms with E-state index in [2.05, 4.69) is 5.32 Å². The summed E-state index contributed by atoms with van der Waals surface area (Å²) in [6.45, 7) is 1.11. The second kappa shape index (κ2) is 5.99. The number of aliphatic carboxylic acids is 1. The van der Waals surface area contributed by atoms with Gasteiger partial charge < -0.3 is 15.3 Å². The molecule has 7 nitrogen and oxygen atoms in total. The molecule has 2 atom stereocenters. The van der Waals surface area contributed by atoms with Crippen molar-refractivity contribution >= 4 is 21.8 Å². The molecule has 0 aliphatic carbocycles. The van der Waals surface area contributed by atoms with Crippen LogP contribution in [0.3, 0.4) is 0 Å². The summed E-state index contributed by atoms with van der Waals surface area (Å²) in [5.74, 6) is -0.652. The number of carbonyl (C=O) groups excluding carboxylic acids is 1. The van der Waals surface area contributed by atoms with Gasteiger partial charge in [0.1, 0.15) is 0 Å². The van der Waals surface area contributed by atoms with Gasteiger partial charge in [-0.15, -0.1) is 0 Å². The molecule has 0 radical (unpaired) electrons. The predicted molar refractivity (Wildman–Crippen MR) is 72.1 cm³/mol. The Morgan fingerprint density at radius 3 is 2.65 bits per heavy atom. The van der Waals surface area contributed by atoms with E-state index in [-0.39, 0.29) is 30.7 Å². The molecule has 2 N–H and O–H groups in total. The van der Waals surface area contributed by atoms with Crippen molar-refractivity contribution in [3.8, 4) is 0 Å². The molecular weight excluding hydrogens is 284 g/mol. The normalized spacial score (nSPS) is 28.5. The number of hydrogen-bond donors (Lipinski definition) is 2. The minimum absolute atomic E-state index is 0.00605. The lowest BCUT2D eigenvalue weighted by Gasteiger charge is -2.18. The number of carbonyl (C=O) groups is 2. The number of amides is 2. The van der Waals surface area contributed by atoms with Crippen molar-refractivity contribution < 1.29 is 23.1 Å². The van der Waals surface area contributed by atoms with Gasteiger partial charge in [-0.25, -0.2) is 13.2 Å². The monoisotopic (exact) mass is 304 g/mol. The van der Waals surface area contributed by atoms with Crippen LogP contribution >= 0.6 is 0 Å². The minimum atomic E-state index is -3.04. The summed E-state index contributed by atoms with van der Waals surface area (Å²) in [7, 11) is -3.04. The third kappa shape index (κ3) is 3.62. The zero-order chi connectivity index (χ0) is 14.8. The van der Waals surface area contributed by atoms with Crippen LogP contribution in [-0.2, 0) is 14.6 Å². The smallest absolute Gasteiger partial charge is 0.317 e. The zero-order valence-electron chi connectivity index (χ0n) is 11.2. The summed E-state index contributed by atoms with van der Waals surface area (Å²) < 4.78 is 23.3. The predicted octanol–water partition coefficient (Wildman–Crippen LogP) is 0.0698. The number of sulfone groups is 1. The van der Waals surface area contributed by atoms with Crippen LogP contribution in [0.15, 0.2) is 0 Å². The Balaban J connectivity index is 1.77. The zero-order valence-corrected chi connectivity index (χ0v) is 12.1. The highest BCUT2D eigenvalue weighted by Crippen LogP contribution is 2.21. The van der Waals surface area contributed by atoms with Crippen molar-refractivity contribution in [1.82, 2.24) is 10.2 Å². The summed E-state index contributed by atoms with van der Waals surface area (Å²) in [5, 5.41) is 10.9. The lowest BCUT2D eigenvalue weighted by atomic mass is 10.1. The molecule has 20 heavy (non-hydrogen) atoms. The topological polar surface area (TPSA) is 104 Å². The summed E-state index contributed by atoms with van der Waals surface area (Å²) in [5.41, 5.74) is 0. The van der Waals surface area contributed by atoms with Gasteiger partial charge in [-0.05, 0) is 25.2 Å². The quantitative estimate of drug-likeness (QED) is 0.765. The Morgan fingerprint density at radius 2 is 2.05 bits per heavy atom. The first-order valence-electron chi connectivity index (χ1n) is 6.84. The summed E-state index contributed by atoms with van der Waals surface area (Å²) in [6, 6.07) is -0.292. The lowest BCUT2D eigenvalue weighted by Crippen LogP contribution is -2.42. The first kappa shape index (κ1) is 15.1. The Hall–Kier alpha value is -1.31. The summed E-state index contributed by atoms with van der Waals surface area (Å²) in [4.78, 5) is 24.1. The number of carboxylic acid groups (broad SMARTS) is 1. The van der Waals surface area contributed by atoms with E-state index in [0.29, 0.717) is 32.4 Å². The SMILES string of the molecule is O=C(O)CC1CCN(C(=O)NCC2CCCS2(=O)=O)C1. The highest BCUT2D eigenvalue weighted by molar-refractivity contribution is 7.92. The maximum Gasteiger partial charge on any atom is 0.317 e. The fraction of sp³-hybridized carbons (Fsp3) is 0.833. The molecule has 2 rings (SSSR count). The van der Waals surface area contributed by atoms with Crippen LogP contribution in [0.5, 0.6) is 0 Å². The number of nitrogens with one attached hydrogen (secondary N) is 1. The van der Waals surface area contributed by atoms with Crippen LogP contribution in [0.1, 0.15) is 25.7 Å².